The molecule has 0 bridgehead atoms. The fraction of sp³-hybridized carbons (Fsp3) is 0.533. The highest BCUT2D eigenvalue weighted by molar-refractivity contribution is 5.99. The average molecular weight is 278 g/mol. The predicted octanol–water partition coefficient (Wildman–Crippen LogP) is 1.65. The summed E-state index contributed by atoms with van der Waals surface area (Å²) in [6.07, 6.45) is 1.45. The number of hydrogen-bond acceptors (Lipinski definition) is 5. The summed E-state index contributed by atoms with van der Waals surface area (Å²) < 4.78 is 5.07. The maximum atomic E-state index is 12.0. The zero-order valence-corrected chi connectivity index (χ0v) is 12.0. The third-order valence-electron chi connectivity index (χ3n) is 3.69. The molecule has 0 aromatic heterocycles. The number of aliphatic hydroxyl groups excluding tert-OH is 1. The zero-order chi connectivity index (χ0) is 14.7. The highest BCUT2D eigenvalue weighted by Gasteiger charge is 2.29. The summed E-state index contributed by atoms with van der Waals surface area (Å²) in [5.41, 5.74) is 7.80. The van der Waals surface area contributed by atoms with Gasteiger partial charge in [-0.05, 0) is 37.8 Å². The predicted molar refractivity (Wildman–Crippen MR) is 78.8 cm³/mol. The van der Waals surface area contributed by atoms with Crippen LogP contribution in [0.4, 0.5) is 11.4 Å². The number of rotatable bonds is 5. The molecule has 0 amide bonds. The molecule has 0 heterocycles. The van der Waals surface area contributed by atoms with E-state index in [4.69, 9.17) is 10.5 Å². The number of benzene rings is 1. The SMILES string of the molecule is CCOC(=O)c1cccc(N)c1N(C)CC1CC(O)C1. The number of anilines is 2. The first kappa shape index (κ1) is 14.7. The third-order valence-corrected chi connectivity index (χ3v) is 3.69. The quantitative estimate of drug-likeness (QED) is 0.632. The van der Waals surface area contributed by atoms with Crippen molar-refractivity contribution in [3.63, 3.8) is 0 Å². The fourth-order valence-electron chi connectivity index (χ4n) is 2.69. The maximum Gasteiger partial charge on any atom is 0.340 e. The van der Waals surface area contributed by atoms with Gasteiger partial charge in [-0.1, -0.05) is 6.07 Å². The lowest BCUT2D eigenvalue weighted by atomic mass is 9.82. The minimum Gasteiger partial charge on any atom is -0.462 e. The summed E-state index contributed by atoms with van der Waals surface area (Å²) in [6.45, 7) is 2.90. The van der Waals surface area contributed by atoms with E-state index >= 15 is 0 Å². The van der Waals surface area contributed by atoms with E-state index in [0.29, 0.717) is 29.5 Å². The molecule has 110 valence electrons. The van der Waals surface area contributed by atoms with Crippen molar-refractivity contribution in [3.05, 3.63) is 23.8 Å². The standard InChI is InChI=1S/C15H22N2O3/c1-3-20-15(19)12-5-4-6-13(16)14(12)17(2)9-10-7-11(18)8-10/h4-6,10-11,18H,3,7-9,16H2,1-2H3. The molecular formula is C15H22N2O3. The van der Waals surface area contributed by atoms with E-state index < -0.39 is 0 Å². The van der Waals surface area contributed by atoms with Crippen molar-refractivity contribution >= 4 is 17.3 Å². The number of nitrogen functional groups attached to an aromatic ring is 1. The van der Waals surface area contributed by atoms with Crippen LogP contribution >= 0.6 is 0 Å². The first-order valence-electron chi connectivity index (χ1n) is 6.97. The van der Waals surface area contributed by atoms with Gasteiger partial charge in [0, 0.05) is 13.6 Å². The van der Waals surface area contributed by atoms with E-state index in [1.54, 1.807) is 25.1 Å². The number of nitrogens with two attached hydrogens (primary N) is 1. The van der Waals surface area contributed by atoms with Crippen molar-refractivity contribution in [1.29, 1.82) is 0 Å². The third kappa shape index (κ3) is 3.04. The summed E-state index contributed by atoms with van der Waals surface area (Å²) >= 11 is 0. The van der Waals surface area contributed by atoms with Crippen LogP contribution in [0.1, 0.15) is 30.1 Å². The van der Waals surface area contributed by atoms with Gasteiger partial charge in [0.2, 0.25) is 0 Å². The Bertz CT molecular complexity index is 484. The van der Waals surface area contributed by atoms with Gasteiger partial charge in [-0.25, -0.2) is 4.79 Å². The number of nitrogens with zero attached hydrogens (tertiary/aromatic N) is 1. The maximum absolute atomic E-state index is 12.0. The number of carbonyl (C=O) groups is 1. The van der Waals surface area contributed by atoms with Crippen molar-refractivity contribution in [3.8, 4) is 0 Å². The lowest BCUT2D eigenvalue weighted by molar-refractivity contribution is 0.0461. The number of hydrogen-bond donors (Lipinski definition) is 2. The summed E-state index contributed by atoms with van der Waals surface area (Å²) in [7, 11) is 1.92. The lowest BCUT2D eigenvalue weighted by Crippen LogP contribution is -2.37. The molecule has 1 aliphatic rings. The van der Waals surface area contributed by atoms with Crippen LogP contribution < -0.4 is 10.6 Å². The van der Waals surface area contributed by atoms with Crippen LogP contribution in [-0.4, -0.2) is 37.4 Å². The number of esters is 1. The van der Waals surface area contributed by atoms with Gasteiger partial charge in [0.25, 0.3) is 0 Å². The van der Waals surface area contributed by atoms with Gasteiger partial charge in [0.05, 0.1) is 29.6 Å². The molecule has 0 saturated heterocycles. The molecular weight excluding hydrogens is 256 g/mol. The molecule has 1 aromatic rings. The summed E-state index contributed by atoms with van der Waals surface area (Å²) in [4.78, 5) is 14.0. The van der Waals surface area contributed by atoms with Gasteiger partial charge in [-0.2, -0.15) is 0 Å². The van der Waals surface area contributed by atoms with Crippen LogP contribution in [0.3, 0.4) is 0 Å². The summed E-state index contributed by atoms with van der Waals surface area (Å²) in [5.74, 6) is 0.0972. The topological polar surface area (TPSA) is 75.8 Å². The van der Waals surface area contributed by atoms with Gasteiger partial charge in [-0.3, -0.25) is 0 Å². The monoisotopic (exact) mass is 278 g/mol. The van der Waals surface area contributed by atoms with Crippen LogP contribution in [0.5, 0.6) is 0 Å². The van der Waals surface area contributed by atoms with Gasteiger partial charge in [-0.15, -0.1) is 0 Å². The lowest BCUT2D eigenvalue weighted by Gasteiger charge is -2.36. The average Bonchev–Trinajstić information content (AvgIpc) is 2.36. The van der Waals surface area contributed by atoms with Gasteiger partial charge in [0.15, 0.2) is 0 Å². The highest BCUT2D eigenvalue weighted by atomic mass is 16.5. The molecule has 0 radical (unpaired) electrons. The summed E-state index contributed by atoms with van der Waals surface area (Å²) in [5, 5.41) is 9.35. The van der Waals surface area contributed by atoms with Gasteiger partial charge < -0.3 is 20.5 Å². The smallest absolute Gasteiger partial charge is 0.340 e. The fourth-order valence-corrected chi connectivity index (χ4v) is 2.69. The van der Waals surface area contributed by atoms with Crippen molar-refractivity contribution in [2.75, 3.05) is 30.8 Å². The second-order valence-corrected chi connectivity index (χ2v) is 5.34. The Morgan fingerprint density at radius 3 is 2.80 bits per heavy atom. The van der Waals surface area contributed by atoms with Crippen molar-refractivity contribution in [2.24, 2.45) is 5.92 Å². The number of para-hydroxylation sites is 1. The van der Waals surface area contributed by atoms with Gasteiger partial charge >= 0.3 is 5.97 Å². The molecule has 1 aromatic carbocycles. The number of ether oxygens (including phenoxy) is 1. The van der Waals surface area contributed by atoms with E-state index in [0.717, 1.165) is 19.4 Å². The van der Waals surface area contributed by atoms with Crippen molar-refractivity contribution in [2.45, 2.75) is 25.9 Å². The van der Waals surface area contributed by atoms with Crippen LogP contribution in [-0.2, 0) is 4.74 Å². The molecule has 0 aliphatic heterocycles. The van der Waals surface area contributed by atoms with Gasteiger partial charge in [0.1, 0.15) is 0 Å². The van der Waals surface area contributed by atoms with Crippen LogP contribution in [0.2, 0.25) is 0 Å². The minimum absolute atomic E-state index is 0.175. The Hall–Kier alpha value is -1.75. The first-order chi connectivity index (χ1) is 9.52. The van der Waals surface area contributed by atoms with Crippen LogP contribution in [0.15, 0.2) is 18.2 Å². The van der Waals surface area contributed by atoms with Crippen molar-refractivity contribution in [1.82, 2.24) is 0 Å². The van der Waals surface area contributed by atoms with Crippen LogP contribution in [0, 0.1) is 5.92 Å². The molecule has 20 heavy (non-hydrogen) atoms. The molecule has 2 rings (SSSR count). The van der Waals surface area contributed by atoms with E-state index in [1.807, 2.05) is 11.9 Å². The Labute approximate surface area is 119 Å². The molecule has 0 unspecified atom stereocenters. The molecule has 3 N–H and O–H groups in total. The Morgan fingerprint density at radius 2 is 2.20 bits per heavy atom. The second kappa shape index (κ2) is 6.13. The minimum atomic E-state index is -0.352. The molecule has 0 spiro atoms. The van der Waals surface area contributed by atoms with E-state index in [1.165, 1.54) is 0 Å². The largest absolute Gasteiger partial charge is 0.462 e. The van der Waals surface area contributed by atoms with Crippen LogP contribution in [0.25, 0.3) is 0 Å². The second-order valence-electron chi connectivity index (χ2n) is 5.34. The molecule has 1 aliphatic carbocycles. The summed E-state index contributed by atoms with van der Waals surface area (Å²) in [6, 6.07) is 5.27. The Balaban J connectivity index is 2.18. The number of carbonyl (C=O) groups excluding carboxylic acids is 1. The Morgan fingerprint density at radius 1 is 1.50 bits per heavy atom. The van der Waals surface area contributed by atoms with Crippen molar-refractivity contribution < 1.29 is 14.6 Å². The molecule has 5 heteroatoms. The molecule has 5 nitrogen and oxygen atoms in total. The normalized spacial score (nSPS) is 21.1. The van der Waals surface area contributed by atoms with E-state index in [2.05, 4.69) is 0 Å². The molecule has 0 atom stereocenters. The number of aliphatic hydroxyl groups is 1. The van der Waals surface area contributed by atoms with E-state index in [-0.39, 0.29) is 12.1 Å². The molecule has 1 saturated carbocycles. The highest BCUT2D eigenvalue weighted by Crippen LogP contribution is 2.33. The first-order valence-corrected chi connectivity index (χ1v) is 6.97. The molecule has 1 fully saturated rings. The van der Waals surface area contributed by atoms with E-state index in [9.17, 15) is 9.90 Å². The zero-order valence-electron chi connectivity index (χ0n) is 12.0. The Kier molecular flexibility index (Phi) is 4.49.